The molecule has 0 aliphatic carbocycles. The molecule has 1 N–H and O–H groups in total. The highest BCUT2D eigenvalue weighted by molar-refractivity contribution is 5.69. The van der Waals surface area contributed by atoms with E-state index in [4.69, 9.17) is 5.39 Å². The third kappa shape index (κ3) is 1.73. The van der Waals surface area contributed by atoms with Crippen LogP contribution in [0.25, 0.3) is 4.98 Å². The van der Waals surface area contributed by atoms with Crippen molar-refractivity contribution in [2.24, 2.45) is 0 Å². The van der Waals surface area contributed by atoms with E-state index in [2.05, 4.69) is 10.3 Å². The summed E-state index contributed by atoms with van der Waals surface area (Å²) in [5.41, 5.74) is 2.55. The Bertz CT molecular complexity index is 312. The molecular weight excluding hydrogens is 150 g/mol. The Balaban J connectivity index is 3.05. The van der Waals surface area contributed by atoms with Crippen LogP contribution in [0.2, 0.25) is 0 Å². The van der Waals surface area contributed by atoms with Gasteiger partial charge in [-0.3, -0.25) is 0 Å². The lowest BCUT2D eigenvalue weighted by atomic mass is 10.2. The summed E-state index contributed by atoms with van der Waals surface area (Å²) in [6.45, 7) is 4.79. The van der Waals surface area contributed by atoms with Crippen LogP contribution in [0.5, 0.6) is 0 Å². The van der Waals surface area contributed by atoms with Gasteiger partial charge in [-0.05, 0) is 25.5 Å². The van der Waals surface area contributed by atoms with Crippen LogP contribution in [0.4, 0.5) is 11.4 Å². The number of anilines is 1. The van der Waals surface area contributed by atoms with Gasteiger partial charge in [-0.2, -0.15) is 0 Å². The SMILES string of the molecule is CCNc1ccc(C)cc1[N+]#N. The summed E-state index contributed by atoms with van der Waals surface area (Å²) in [5.74, 6) is 0. The third-order valence-electron chi connectivity index (χ3n) is 1.63. The molecule has 3 heteroatoms. The molecule has 0 heterocycles. The van der Waals surface area contributed by atoms with Gasteiger partial charge < -0.3 is 5.32 Å². The van der Waals surface area contributed by atoms with Gasteiger partial charge in [-0.25, -0.2) is 0 Å². The molecule has 0 atom stereocenters. The van der Waals surface area contributed by atoms with Gasteiger partial charge in [-0.15, -0.1) is 0 Å². The molecule has 12 heavy (non-hydrogen) atoms. The largest absolute Gasteiger partial charge is 0.408 e. The van der Waals surface area contributed by atoms with Crippen LogP contribution in [0, 0.1) is 12.3 Å². The van der Waals surface area contributed by atoms with E-state index in [9.17, 15) is 0 Å². The number of aryl methyl sites for hydroxylation is 1. The number of diazo groups is 1. The van der Waals surface area contributed by atoms with Crippen molar-refractivity contribution in [3.8, 4) is 0 Å². The van der Waals surface area contributed by atoms with E-state index in [0.717, 1.165) is 17.8 Å². The molecule has 0 spiro atoms. The van der Waals surface area contributed by atoms with Crippen LogP contribution in [-0.4, -0.2) is 6.54 Å². The highest BCUT2D eigenvalue weighted by atomic mass is 14.9. The first-order valence-corrected chi connectivity index (χ1v) is 3.97. The maximum atomic E-state index is 8.65. The minimum atomic E-state index is 0.594. The quantitative estimate of drug-likeness (QED) is 0.679. The Kier molecular flexibility index (Phi) is 2.65. The van der Waals surface area contributed by atoms with Crippen LogP contribution < -0.4 is 5.32 Å². The van der Waals surface area contributed by atoms with Gasteiger partial charge in [0.2, 0.25) is 5.39 Å². The molecule has 62 valence electrons. The number of benzene rings is 1. The maximum Gasteiger partial charge on any atom is 0.408 e. The summed E-state index contributed by atoms with van der Waals surface area (Å²) in [7, 11) is 0. The van der Waals surface area contributed by atoms with Crippen LogP contribution in [0.15, 0.2) is 18.2 Å². The first kappa shape index (κ1) is 8.54. The van der Waals surface area contributed by atoms with Crippen LogP contribution in [-0.2, 0) is 0 Å². The van der Waals surface area contributed by atoms with Gasteiger partial charge in [0.15, 0.2) is 4.98 Å². The fourth-order valence-electron chi connectivity index (χ4n) is 1.06. The smallest absolute Gasteiger partial charge is 0.379 e. The molecule has 1 rings (SSSR count). The topological polar surface area (TPSA) is 40.2 Å². The van der Waals surface area contributed by atoms with Crippen molar-refractivity contribution < 1.29 is 0 Å². The zero-order valence-corrected chi connectivity index (χ0v) is 7.33. The molecule has 0 radical (unpaired) electrons. The van der Waals surface area contributed by atoms with E-state index in [-0.39, 0.29) is 0 Å². The first-order chi connectivity index (χ1) is 5.77. The Morgan fingerprint density at radius 2 is 2.25 bits per heavy atom. The Hall–Kier alpha value is -1.56. The van der Waals surface area contributed by atoms with Crippen molar-refractivity contribution in [2.75, 3.05) is 11.9 Å². The second kappa shape index (κ2) is 3.72. The second-order valence-electron chi connectivity index (χ2n) is 2.65. The lowest BCUT2D eigenvalue weighted by molar-refractivity contribution is 1.21. The molecule has 0 aromatic heterocycles. The summed E-state index contributed by atoms with van der Waals surface area (Å²) >= 11 is 0. The molecule has 3 nitrogen and oxygen atoms in total. The molecule has 0 saturated heterocycles. The molecule has 1 aromatic rings. The second-order valence-corrected chi connectivity index (χ2v) is 2.65. The van der Waals surface area contributed by atoms with Crippen LogP contribution in [0.1, 0.15) is 12.5 Å². The number of nitrogens with zero attached hydrogens (tertiary/aromatic N) is 2. The van der Waals surface area contributed by atoms with Crippen molar-refractivity contribution in [3.63, 3.8) is 0 Å². The summed E-state index contributed by atoms with van der Waals surface area (Å²) in [6, 6.07) is 5.72. The monoisotopic (exact) mass is 162 g/mol. The Morgan fingerprint density at radius 1 is 1.50 bits per heavy atom. The van der Waals surface area contributed by atoms with Gasteiger partial charge in [0.25, 0.3) is 0 Å². The molecule has 0 aliphatic heterocycles. The fraction of sp³-hybridized carbons (Fsp3) is 0.333. The number of hydrogen-bond acceptors (Lipinski definition) is 2. The van der Waals surface area contributed by atoms with Gasteiger partial charge >= 0.3 is 5.69 Å². The molecule has 0 unspecified atom stereocenters. The van der Waals surface area contributed by atoms with Crippen molar-refractivity contribution in [2.45, 2.75) is 13.8 Å². The maximum absolute atomic E-state index is 8.65. The van der Waals surface area contributed by atoms with E-state index in [0.29, 0.717) is 5.69 Å². The Morgan fingerprint density at radius 3 is 2.83 bits per heavy atom. The zero-order chi connectivity index (χ0) is 8.97. The fourth-order valence-corrected chi connectivity index (χ4v) is 1.06. The molecule has 0 amide bonds. The van der Waals surface area contributed by atoms with Crippen molar-refractivity contribution in [3.05, 3.63) is 28.7 Å². The van der Waals surface area contributed by atoms with Gasteiger partial charge in [-0.1, -0.05) is 6.07 Å². The van der Waals surface area contributed by atoms with Gasteiger partial charge in [0.1, 0.15) is 5.69 Å². The van der Waals surface area contributed by atoms with Crippen LogP contribution in [0.3, 0.4) is 0 Å². The number of nitrogens with one attached hydrogen (secondary N) is 1. The normalized spacial score (nSPS) is 9.08. The van der Waals surface area contributed by atoms with E-state index >= 15 is 0 Å². The summed E-state index contributed by atoms with van der Waals surface area (Å²) < 4.78 is 0. The van der Waals surface area contributed by atoms with Crippen LogP contribution >= 0.6 is 0 Å². The number of hydrogen-bond donors (Lipinski definition) is 1. The molecule has 1 aromatic carbocycles. The molecule has 0 saturated carbocycles. The summed E-state index contributed by atoms with van der Waals surface area (Å²) in [5, 5.41) is 11.8. The number of rotatable bonds is 2. The summed E-state index contributed by atoms with van der Waals surface area (Å²) in [6.07, 6.45) is 0. The molecule has 0 bridgehead atoms. The zero-order valence-electron chi connectivity index (χ0n) is 7.33. The van der Waals surface area contributed by atoms with E-state index < -0.39 is 0 Å². The van der Waals surface area contributed by atoms with Gasteiger partial charge in [0.05, 0.1) is 0 Å². The summed E-state index contributed by atoms with van der Waals surface area (Å²) in [4.78, 5) is 3.19. The average molecular weight is 162 g/mol. The van der Waals surface area contributed by atoms with Crippen molar-refractivity contribution >= 4 is 11.4 Å². The lowest BCUT2D eigenvalue weighted by Gasteiger charge is -1.98. The van der Waals surface area contributed by atoms with E-state index in [1.54, 1.807) is 0 Å². The third-order valence-corrected chi connectivity index (χ3v) is 1.63. The van der Waals surface area contributed by atoms with E-state index in [1.165, 1.54) is 0 Å². The predicted molar refractivity (Wildman–Crippen MR) is 50.1 cm³/mol. The minimum absolute atomic E-state index is 0.594. The molecule has 0 fully saturated rings. The van der Waals surface area contributed by atoms with Gasteiger partial charge in [0, 0.05) is 12.6 Å². The highest BCUT2D eigenvalue weighted by Crippen LogP contribution is 2.25. The lowest BCUT2D eigenvalue weighted by Crippen LogP contribution is -1.96. The van der Waals surface area contributed by atoms with Crippen molar-refractivity contribution in [1.82, 2.24) is 0 Å². The average Bonchev–Trinajstić information content (AvgIpc) is 2.08. The predicted octanol–water partition coefficient (Wildman–Crippen LogP) is 2.91. The minimum Gasteiger partial charge on any atom is -0.379 e. The van der Waals surface area contributed by atoms with E-state index in [1.807, 2.05) is 32.0 Å². The van der Waals surface area contributed by atoms with Crippen molar-refractivity contribution in [1.29, 1.82) is 5.39 Å². The Labute approximate surface area is 72.0 Å². The first-order valence-electron chi connectivity index (χ1n) is 3.97. The molecule has 0 aliphatic rings. The highest BCUT2D eigenvalue weighted by Gasteiger charge is 2.11. The standard InChI is InChI=1S/C9H12N3/c1-3-11-8-5-4-7(2)6-9(8)12-10/h4-6,11H,3H2,1-2H3/q+1. The molecular formula is C9H12N3+.